The van der Waals surface area contributed by atoms with Gasteiger partial charge in [0.2, 0.25) is 5.91 Å². The Labute approximate surface area is 196 Å². The molecule has 0 N–H and O–H groups in total. The minimum Gasteiger partial charge on any atom is -0.495 e. The molecule has 1 saturated carbocycles. The Kier molecular flexibility index (Phi) is 7.06. The van der Waals surface area contributed by atoms with Gasteiger partial charge in [0.05, 0.1) is 34.5 Å². The number of carbonyl (C=O) groups is 1. The number of amides is 1. The Balaban J connectivity index is 1.69. The standard InChI is InChI=1S/C24H26ClN3O3S/c1-3-12-27(14-16-8-9-16)22(29)15-32-24-26-20-7-5-4-6-18(20)23(30)28(24)17-10-11-21(31-2)19(25)13-17/h4-7,10-11,13,16H,3,8-9,12,14-15H2,1-2H3. The van der Waals surface area contributed by atoms with Gasteiger partial charge in [0.25, 0.3) is 5.56 Å². The summed E-state index contributed by atoms with van der Waals surface area (Å²) in [6, 6.07) is 12.4. The Morgan fingerprint density at radius 1 is 1.28 bits per heavy atom. The molecule has 8 heteroatoms. The van der Waals surface area contributed by atoms with Gasteiger partial charge in [-0.3, -0.25) is 14.2 Å². The van der Waals surface area contributed by atoms with Crippen LogP contribution >= 0.6 is 23.4 Å². The third-order valence-corrected chi connectivity index (χ3v) is 6.70. The summed E-state index contributed by atoms with van der Waals surface area (Å²) in [5, 5.41) is 1.37. The van der Waals surface area contributed by atoms with Crippen LogP contribution in [-0.4, -0.2) is 46.3 Å². The molecule has 1 amide bonds. The van der Waals surface area contributed by atoms with Gasteiger partial charge >= 0.3 is 0 Å². The van der Waals surface area contributed by atoms with Crippen LogP contribution in [0.3, 0.4) is 0 Å². The van der Waals surface area contributed by atoms with Crippen LogP contribution in [0, 0.1) is 5.92 Å². The molecule has 0 unspecified atom stereocenters. The number of benzene rings is 2. The molecule has 0 spiro atoms. The summed E-state index contributed by atoms with van der Waals surface area (Å²) in [5.41, 5.74) is 0.985. The van der Waals surface area contributed by atoms with Gasteiger partial charge in [0.15, 0.2) is 5.16 Å². The van der Waals surface area contributed by atoms with Crippen molar-refractivity contribution in [2.45, 2.75) is 31.3 Å². The summed E-state index contributed by atoms with van der Waals surface area (Å²) < 4.78 is 6.77. The summed E-state index contributed by atoms with van der Waals surface area (Å²) in [7, 11) is 1.54. The second kappa shape index (κ2) is 9.96. The molecule has 32 heavy (non-hydrogen) atoms. The predicted octanol–water partition coefficient (Wildman–Crippen LogP) is 4.79. The molecule has 2 aromatic carbocycles. The van der Waals surface area contributed by atoms with Crippen LogP contribution in [0.4, 0.5) is 0 Å². The molecule has 1 aromatic heterocycles. The van der Waals surface area contributed by atoms with E-state index in [4.69, 9.17) is 21.3 Å². The fourth-order valence-electron chi connectivity index (χ4n) is 3.65. The van der Waals surface area contributed by atoms with Crippen LogP contribution in [0.15, 0.2) is 52.4 Å². The lowest BCUT2D eigenvalue weighted by Gasteiger charge is -2.22. The van der Waals surface area contributed by atoms with Gasteiger partial charge in [-0.15, -0.1) is 0 Å². The Morgan fingerprint density at radius 2 is 2.06 bits per heavy atom. The highest BCUT2D eigenvalue weighted by atomic mass is 35.5. The fourth-order valence-corrected chi connectivity index (χ4v) is 4.82. The first kappa shape index (κ1) is 22.7. The molecule has 0 aliphatic heterocycles. The zero-order valence-electron chi connectivity index (χ0n) is 18.2. The van der Waals surface area contributed by atoms with E-state index in [0.29, 0.717) is 38.4 Å². The van der Waals surface area contributed by atoms with E-state index in [1.54, 1.807) is 31.4 Å². The molecule has 1 aliphatic rings. The van der Waals surface area contributed by atoms with E-state index in [9.17, 15) is 9.59 Å². The minimum absolute atomic E-state index is 0.0745. The number of carbonyl (C=O) groups excluding carboxylic acids is 1. The molecular weight excluding hydrogens is 446 g/mol. The van der Waals surface area contributed by atoms with Gasteiger partial charge in [-0.1, -0.05) is 42.4 Å². The monoisotopic (exact) mass is 471 g/mol. The molecule has 4 rings (SSSR count). The van der Waals surface area contributed by atoms with Crippen LogP contribution in [0.2, 0.25) is 5.02 Å². The molecule has 6 nitrogen and oxygen atoms in total. The molecule has 1 aliphatic carbocycles. The number of para-hydroxylation sites is 1. The van der Waals surface area contributed by atoms with Crippen LogP contribution in [-0.2, 0) is 4.79 Å². The molecule has 3 aromatic rings. The number of rotatable bonds is 9. The number of fused-ring (bicyclic) bond motifs is 1. The van der Waals surface area contributed by atoms with E-state index in [1.165, 1.54) is 29.2 Å². The average Bonchev–Trinajstić information content (AvgIpc) is 3.61. The van der Waals surface area contributed by atoms with Gasteiger partial charge in [-0.2, -0.15) is 0 Å². The number of nitrogens with zero attached hydrogens (tertiary/aromatic N) is 3. The smallest absolute Gasteiger partial charge is 0.266 e. The summed E-state index contributed by atoms with van der Waals surface area (Å²) in [6.45, 7) is 3.65. The van der Waals surface area contributed by atoms with Gasteiger partial charge in [-0.05, 0) is 55.5 Å². The third-order valence-electron chi connectivity index (χ3n) is 5.48. The third kappa shape index (κ3) is 4.94. The quantitative estimate of drug-likeness (QED) is 0.331. The molecule has 0 bridgehead atoms. The highest BCUT2D eigenvalue weighted by Crippen LogP contribution is 2.31. The van der Waals surface area contributed by atoms with E-state index in [-0.39, 0.29) is 17.2 Å². The maximum Gasteiger partial charge on any atom is 0.266 e. The SMILES string of the molecule is CCCN(CC1CC1)C(=O)CSc1nc2ccccc2c(=O)n1-c1ccc(OC)c(Cl)c1. The summed E-state index contributed by atoms with van der Waals surface area (Å²) in [5.74, 6) is 1.46. The second-order valence-corrected chi connectivity index (χ2v) is 9.29. The lowest BCUT2D eigenvalue weighted by molar-refractivity contribution is -0.128. The predicted molar refractivity (Wildman–Crippen MR) is 129 cm³/mol. The second-order valence-electron chi connectivity index (χ2n) is 7.94. The lowest BCUT2D eigenvalue weighted by Crippen LogP contribution is -2.35. The number of hydrogen-bond donors (Lipinski definition) is 0. The zero-order chi connectivity index (χ0) is 22.7. The number of ether oxygens (including phenoxy) is 1. The van der Waals surface area contributed by atoms with Crippen molar-refractivity contribution in [2.75, 3.05) is 26.0 Å². The normalized spacial score (nSPS) is 13.3. The first-order valence-corrected chi connectivity index (χ1v) is 12.1. The van der Waals surface area contributed by atoms with E-state index >= 15 is 0 Å². The van der Waals surface area contributed by atoms with Crippen molar-refractivity contribution in [1.29, 1.82) is 0 Å². The lowest BCUT2D eigenvalue weighted by atomic mass is 10.2. The maximum absolute atomic E-state index is 13.4. The topological polar surface area (TPSA) is 64.4 Å². The van der Waals surface area contributed by atoms with Crippen molar-refractivity contribution >= 4 is 40.2 Å². The van der Waals surface area contributed by atoms with Crippen LogP contribution in [0.1, 0.15) is 26.2 Å². The number of halogens is 1. The highest BCUT2D eigenvalue weighted by molar-refractivity contribution is 7.99. The van der Waals surface area contributed by atoms with E-state index in [1.807, 2.05) is 23.1 Å². The fraction of sp³-hybridized carbons (Fsp3) is 0.375. The molecule has 0 atom stereocenters. The van der Waals surface area contributed by atoms with Crippen molar-refractivity contribution in [3.05, 3.63) is 57.8 Å². The summed E-state index contributed by atoms with van der Waals surface area (Å²) in [4.78, 5) is 33.0. The van der Waals surface area contributed by atoms with Gasteiger partial charge in [-0.25, -0.2) is 4.98 Å². The van der Waals surface area contributed by atoms with Crippen LogP contribution in [0.5, 0.6) is 5.75 Å². The molecule has 1 fully saturated rings. The van der Waals surface area contributed by atoms with Crippen molar-refractivity contribution in [3.8, 4) is 11.4 Å². The number of thioether (sulfide) groups is 1. The van der Waals surface area contributed by atoms with E-state index < -0.39 is 0 Å². The van der Waals surface area contributed by atoms with Crippen molar-refractivity contribution in [3.63, 3.8) is 0 Å². The summed E-state index contributed by atoms with van der Waals surface area (Å²) >= 11 is 7.61. The maximum atomic E-state index is 13.4. The first-order chi connectivity index (χ1) is 15.5. The van der Waals surface area contributed by atoms with Crippen LogP contribution < -0.4 is 10.3 Å². The van der Waals surface area contributed by atoms with Gasteiger partial charge in [0, 0.05) is 13.1 Å². The Hall–Kier alpha value is -2.51. The first-order valence-electron chi connectivity index (χ1n) is 10.8. The van der Waals surface area contributed by atoms with Crippen molar-refractivity contribution in [2.24, 2.45) is 5.92 Å². The number of methoxy groups -OCH3 is 1. The molecule has 1 heterocycles. The van der Waals surface area contributed by atoms with Gasteiger partial charge in [0.1, 0.15) is 5.75 Å². The zero-order valence-corrected chi connectivity index (χ0v) is 19.8. The number of hydrogen-bond acceptors (Lipinski definition) is 5. The molecule has 168 valence electrons. The number of aromatic nitrogens is 2. The van der Waals surface area contributed by atoms with E-state index in [2.05, 4.69) is 6.92 Å². The molecule has 0 radical (unpaired) electrons. The van der Waals surface area contributed by atoms with E-state index in [0.717, 1.165) is 19.5 Å². The minimum atomic E-state index is -0.199. The van der Waals surface area contributed by atoms with Crippen molar-refractivity contribution < 1.29 is 9.53 Å². The van der Waals surface area contributed by atoms with Crippen molar-refractivity contribution in [1.82, 2.24) is 14.5 Å². The summed E-state index contributed by atoms with van der Waals surface area (Å²) in [6.07, 6.45) is 3.32. The average molecular weight is 472 g/mol. The largest absolute Gasteiger partial charge is 0.495 e. The molecular formula is C24H26ClN3O3S. The van der Waals surface area contributed by atoms with Gasteiger partial charge < -0.3 is 9.64 Å². The Morgan fingerprint density at radius 3 is 2.75 bits per heavy atom. The van der Waals surface area contributed by atoms with Crippen LogP contribution in [0.25, 0.3) is 16.6 Å². The Bertz CT molecular complexity index is 1190. The molecule has 0 saturated heterocycles. The highest BCUT2D eigenvalue weighted by Gasteiger charge is 2.26.